The van der Waals surface area contributed by atoms with Crippen molar-refractivity contribution in [3.63, 3.8) is 0 Å². The Morgan fingerprint density at radius 1 is 0.854 bits per heavy atom. The van der Waals surface area contributed by atoms with Crippen LogP contribution in [0.15, 0.2) is 71.5 Å². The first-order valence-electron chi connectivity index (χ1n) is 16.7. The Labute approximate surface area is 282 Å². The molecular formula is C39H47N3O6. The molecule has 0 atom stereocenters. The monoisotopic (exact) mass is 653 g/mol. The molecule has 0 bridgehead atoms. The lowest BCUT2D eigenvalue weighted by Gasteiger charge is -2.26. The third kappa shape index (κ3) is 8.01. The lowest BCUT2D eigenvalue weighted by atomic mass is 9.96. The highest BCUT2D eigenvalue weighted by Gasteiger charge is 2.29. The normalized spacial score (nSPS) is 12.7. The van der Waals surface area contributed by atoms with E-state index in [9.17, 15) is 14.4 Å². The zero-order valence-corrected chi connectivity index (χ0v) is 29.1. The van der Waals surface area contributed by atoms with Crippen LogP contribution in [0, 0.1) is 5.41 Å². The van der Waals surface area contributed by atoms with Crippen molar-refractivity contribution >= 4 is 28.6 Å². The number of alkyl carbamates (subject to hydrolysis) is 1. The largest absolute Gasteiger partial charge is 0.491 e. The average molecular weight is 654 g/mol. The van der Waals surface area contributed by atoms with Gasteiger partial charge in [-0.15, -0.1) is 0 Å². The van der Waals surface area contributed by atoms with Crippen LogP contribution in [-0.4, -0.2) is 35.6 Å². The van der Waals surface area contributed by atoms with Gasteiger partial charge >= 0.3 is 12.2 Å². The van der Waals surface area contributed by atoms with Crippen molar-refractivity contribution < 1.29 is 23.8 Å². The van der Waals surface area contributed by atoms with Gasteiger partial charge in [0.15, 0.2) is 0 Å². The summed E-state index contributed by atoms with van der Waals surface area (Å²) in [5.74, 6) is 0.411. The van der Waals surface area contributed by atoms with E-state index in [-0.39, 0.29) is 30.0 Å². The predicted octanol–water partition coefficient (Wildman–Crippen LogP) is 8.61. The highest BCUT2D eigenvalue weighted by Crippen LogP contribution is 2.44. The molecule has 0 spiro atoms. The molecule has 48 heavy (non-hydrogen) atoms. The lowest BCUT2D eigenvalue weighted by molar-refractivity contribution is 0.0521. The quantitative estimate of drug-likeness (QED) is 0.166. The van der Waals surface area contributed by atoms with Crippen LogP contribution < -0.4 is 20.9 Å². The summed E-state index contributed by atoms with van der Waals surface area (Å²) in [4.78, 5) is 39.9. The van der Waals surface area contributed by atoms with Gasteiger partial charge in [0.25, 0.3) is 5.56 Å². The minimum atomic E-state index is -0.682. The number of carbonyl (C=O) groups is 2. The summed E-state index contributed by atoms with van der Waals surface area (Å²) in [5, 5.41) is 6.66. The number of ether oxygens (including phenoxy) is 3. The van der Waals surface area contributed by atoms with Crippen LogP contribution in [0.2, 0.25) is 0 Å². The van der Waals surface area contributed by atoms with Crippen LogP contribution in [0.4, 0.5) is 15.3 Å². The Hall–Kier alpha value is -4.79. The van der Waals surface area contributed by atoms with Gasteiger partial charge in [0.05, 0.1) is 24.2 Å². The van der Waals surface area contributed by atoms with Crippen LogP contribution >= 0.6 is 0 Å². The molecule has 3 aromatic carbocycles. The number of benzene rings is 3. The van der Waals surface area contributed by atoms with Crippen LogP contribution in [0.5, 0.6) is 5.75 Å². The molecule has 0 saturated carbocycles. The van der Waals surface area contributed by atoms with Crippen LogP contribution in [-0.2, 0) is 22.6 Å². The number of pyridine rings is 1. The number of nitrogens with one attached hydrogen (secondary N) is 2. The number of hydrogen-bond acceptors (Lipinski definition) is 6. The molecule has 0 aliphatic heterocycles. The summed E-state index contributed by atoms with van der Waals surface area (Å²) in [5.41, 5.74) is 4.42. The Balaban J connectivity index is 1.45. The van der Waals surface area contributed by atoms with E-state index in [2.05, 4.69) is 41.8 Å². The third-order valence-electron chi connectivity index (χ3n) is 8.09. The summed E-state index contributed by atoms with van der Waals surface area (Å²) >= 11 is 0. The SMILES string of the molecule is CCCCOc1c(CNC(=O)OC(C)(C)C)n(CC(C)(C)C)c(=O)c2ccc(NC(=O)OCC3c4ccccc4-c4ccccc43)cc12. The maximum absolute atomic E-state index is 14.0. The molecule has 1 aliphatic carbocycles. The van der Waals surface area contributed by atoms with Gasteiger partial charge in [-0.3, -0.25) is 10.1 Å². The fourth-order valence-electron chi connectivity index (χ4n) is 6.06. The molecule has 1 aromatic heterocycles. The Morgan fingerprint density at radius 3 is 2.10 bits per heavy atom. The van der Waals surface area contributed by atoms with E-state index in [4.69, 9.17) is 14.2 Å². The van der Waals surface area contributed by atoms with Crippen molar-refractivity contribution in [3.8, 4) is 16.9 Å². The van der Waals surface area contributed by atoms with Gasteiger partial charge in [-0.25, -0.2) is 9.59 Å². The average Bonchev–Trinajstić information content (AvgIpc) is 3.34. The second kappa shape index (κ2) is 14.1. The van der Waals surface area contributed by atoms with E-state index in [1.807, 2.05) is 45.0 Å². The molecule has 0 radical (unpaired) electrons. The van der Waals surface area contributed by atoms with Crippen molar-refractivity contribution in [2.45, 2.75) is 85.9 Å². The maximum Gasteiger partial charge on any atom is 0.411 e. The first kappa shape index (κ1) is 34.5. The number of fused-ring (bicyclic) bond motifs is 4. The van der Waals surface area contributed by atoms with E-state index >= 15 is 0 Å². The van der Waals surface area contributed by atoms with Gasteiger partial charge in [-0.05, 0) is 73.1 Å². The molecular weight excluding hydrogens is 606 g/mol. The van der Waals surface area contributed by atoms with Gasteiger partial charge in [0.2, 0.25) is 0 Å². The fraction of sp³-hybridized carbons (Fsp3) is 0.410. The Bertz CT molecular complexity index is 1820. The first-order chi connectivity index (χ1) is 22.8. The standard InChI is InChI=1S/C39H47N3O6/c1-8-9-20-46-34-31-21-25(41-37(45)47-23-32-28-16-12-10-14-26(28)27-15-11-13-17-29(27)32)18-19-30(31)35(43)42(24-38(2,3)4)33(34)22-40-36(44)48-39(5,6)7/h10-19,21,32H,8-9,20,22-24H2,1-7H3,(H,40,44)(H,41,45). The second-order valence-electron chi connectivity index (χ2n) is 14.5. The minimum absolute atomic E-state index is 0.0155. The topological polar surface area (TPSA) is 108 Å². The summed E-state index contributed by atoms with van der Waals surface area (Å²) in [6, 6.07) is 21.5. The minimum Gasteiger partial charge on any atom is -0.491 e. The van der Waals surface area contributed by atoms with Crippen LogP contribution in [0.3, 0.4) is 0 Å². The van der Waals surface area contributed by atoms with E-state index in [0.717, 1.165) is 35.1 Å². The third-order valence-corrected chi connectivity index (χ3v) is 8.09. The molecule has 1 heterocycles. The van der Waals surface area contributed by atoms with Gasteiger partial charge in [-0.2, -0.15) is 0 Å². The van der Waals surface area contributed by atoms with Crippen molar-refractivity contribution in [1.29, 1.82) is 0 Å². The molecule has 0 fully saturated rings. The van der Waals surface area contributed by atoms with Crippen molar-refractivity contribution in [2.24, 2.45) is 5.41 Å². The number of hydrogen-bond donors (Lipinski definition) is 2. The molecule has 9 nitrogen and oxygen atoms in total. The molecule has 2 amide bonds. The molecule has 5 rings (SSSR count). The van der Waals surface area contributed by atoms with E-state index < -0.39 is 17.8 Å². The lowest BCUT2D eigenvalue weighted by Crippen LogP contribution is -2.36. The van der Waals surface area contributed by atoms with Crippen molar-refractivity contribution in [3.05, 3.63) is 93.9 Å². The van der Waals surface area contributed by atoms with Crippen molar-refractivity contribution in [1.82, 2.24) is 9.88 Å². The number of carbonyl (C=O) groups excluding carboxylic acids is 2. The first-order valence-corrected chi connectivity index (χ1v) is 16.7. The van der Waals surface area contributed by atoms with Crippen molar-refractivity contribution in [2.75, 3.05) is 18.5 Å². The van der Waals surface area contributed by atoms with Crippen LogP contribution in [0.1, 0.15) is 84.0 Å². The smallest absolute Gasteiger partial charge is 0.411 e. The summed E-state index contributed by atoms with van der Waals surface area (Å²) in [6.45, 7) is 14.6. The number of unbranched alkanes of at least 4 members (excludes halogenated alkanes) is 1. The van der Waals surface area contributed by atoms with Gasteiger partial charge in [0, 0.05) is 23.5 Å². The molecule has 0 unspecified atom stereocenters. The van der Waals surface area contributed by atoms with E-state index in [1.54, 1.807) is 43.5 Å². The summed E-state index contributed by atoms with van der Waals surface area (Å²) in [7, 11) is 0. The number of amides is 2. The number of nitrogens with zero attached hydrogens (tertiary/aromatic N) is 1. The Morgan fingerprint density at radius 2 is 1.50 bits per heavy atom. The van der Waals surface area contributed by atoms with Crippen LogP contribution in [0.25, 0.3) is 21.9 Å². The molecule has 9 heteroatoms. The molecule has 4 aromatic rings. The summed E-state index contributed by atoms with van der Waals surface area (Å²) < 4.78 is 19.3. The van der Waals surface area contributed by atoms with Gasteiger partial charge < -0.3 is 24.1 Å². The van der Waals surface area contributed by atoms with E-state index in [0.29, 0.717) is 41.1 Å². The molecule has 254 valence electrons. The number of rotatable bonds is 10. The van der Waals surface area contributed by atoms with Gasteiger partial charge in [-0.1, -0.05) is 82.6 Å². The zero-order chi connectivity index (χ0) is 34.6. The molecule has 1 aliphatic rings. The second-order valence-corrected chi connectivity index (χ2v) is 14.5. The highest BCUT2D eigenvalue weighted by atomic mass is 16.6. The highest BCUT2D eigenvalue weighted by molar-refractivity contribution is 5.94. The summed E-state index contributed by atoms with van der Waals surface area (Å²) in [6.07, 6.45) is 0.524. The molecule has 0 saturated heterocycles. The van der Waals surface area contributed by atoms with Gasteiger partial charge in [0.1, 0.15) is 18.0 Å². The number of aromatic nitrogens is 1. The van der Waals surface area contributed by atoms with E-state index in [1.165, 1.54) is 0 Å². The zero-order valence-electron chi connectivity index (χ0n) is 29.1. The Kier molecular flexibility index (Phi) is 10.2. The maximum atomic E-state index is 14.0. The fourth-order valence-corrected chi connectivity index (χ4v) is 6.06. The molecule has 2 N–H and O–H groups in total. The number of anilines is 1. The predicted molar refractivity (Wildman–Crippen MR) is 190 cm³/mol.